The molecule has 0 atom stereocenters. The monoisotopic (exact) mass is 673 g/mol. The Morgan fingerprint density at radius 3 is 1.12 bits per heavy atom. The van der Waals surface area contributed by atoms with E-state index in [-0.39, 0.29) is 16.2 Å². The van der Waals surface area contributed by atoms with E-state index in [4.69, 9.17) is 0 Å². The molecule has 0 N–H and O–H groups in total. The van der Waals surface area contributed by atoms with E-state index < -0.39 is 0 Å². The summed E-state index contributed by atoms with van der Waals surface area (Å²) in [4.78, 5) is 2.39. The maximum absolute atomic E-state index is 2.51. The zero-order valence-corrected chi connectivity index (χ0v) is 31.2. The minimum Gasteiger partial charge on any atom is -0.310 e. The molecular weight excluding hydrogens is 627 g/mol. The fourth-order valence-corrected chi connectivity index (χ4v) is 8.31. The van der Waals surface area contributed by atoms with Gasteiger partial charge in [-0.25, -0.2) is 0 Å². The van der Waals surface area contributed by atoms with Gasteiger partial charge in [0, 0.05) is 17.1 Å². The van der Waals surface area contributed by atoms with Gasteiger partial charge in [-0.1, -0.05) is 169 Å². The van der Waals surface area contributed by atoms with E-state index in [0.717, 1.165) is 17.1 Å². The first kappa shape index (κ1) is 33.5. The Kier molecular flexibility index (Phi) is 8.26. The zero-order valence-electron chi connectivity index (χ0n) is 31.2. The number of hydrogen-bond acceptors (Lipinski definition) is 1. The molecule has 256 valence electrons. The third kappa shape index (κ3) is 5.56. The van der Waals surface area contributed by atoms with Crippen LogP contribution in [0.25, 0.3) is 44.5 Å². The normalized spacial score (nSPS) is 15.2. The van der Waals surface area contributed by atoms with Gasteiger partial charge in [0.15, 0.2) is 0 Å². The highest BCUT2D eigenvalue weighted by Gasteiger charge is 2.57. The number of fused-ring (bicyclic) bond motifs is 1. The summed E-state index contributed by atoms with van der Waals surface area (Å²) in [5.74, 6) is 0. The van der Waals surface area contributed by atoms with Crippen LogP contribution in [0, 0.1) is 5.41 Å². The van der Waals surface area contributed by atoms with Crippen molar-refractivity contribution >= 4 is 17.1 Å². The molecule has 1 heteroatoms. The molecule has 0 amide bonds. The van der Waals surface area contributed by atoms with Gasteiger partial charge in [0.1, 0.15) is 0 Å². The first-order valence-electron chi connectivity index (χ1n) is 18.5. The summed E-state index contributed by atoms with van der Waals surface area (Å²) >= 11 is 0. The quantitative estimate of drug-likeness (QED) is 0.163. The fourth-order valence-electron chi connectivity index (χ4n) is 8.31. The Bertz CT molecular complexity index is 2250. The summed E-state index contributed by atoms with van der Waals surface area (Å²) < 4.78 is 0. The maximum Gasteiger partial charge on any atom is 0.0467 e. The van der Waals surface area contributed by atoms with Crippen molar-refractivity contribution in [3.63, 3.8) is 0 Å². The van der Waals surface area contributed by atoms with Crippen LogP contribution in [0.1, 0.15) is 52.7 Å². The molecular formula is C51H47N. The van der Waals surface area contributed by atoms with Crippen LogP contribution < -0.4 is 4.90 Å². The number of anilines is 3. The summed E-state index contributed by atoms with van der Waals surface area (Å²) in [7, 11) is 0. The molecule has 8 rings (SSSR count). The van der Waals surface area contributed by atoms with Crippen molar-refractivity contribution in [2.45, 2.75) is 52.4 Å². The van der Waals surface area contributed by atoms with Gasteiger partial charge >= 0.3 is 0 Å². The average Bonchev–Trinajstić information content (AvgIpc) is 3.29. The Labute approximate surface area is 310 Å². The van der Waals surface area contributed by atoms with E-state index in [1.165, 1.54) is 55.6 Å². The third-order valence-electron chi connectivity index (χ3n) is 12.6. The van der Waals surface area contributed by atoms with Gasteiger partial charge in [0.2, 0.25) is 0 Å². The number of rotatable bonds is 7. The molecule has 1 aliphatic carbocycles. The maximum atomic E-state index is 2.51. The van der Waals surface area contributed by atoms with Crippen molar-refractivity contribution < 1.29 is 0 Å². The Balaban J connectivity index is 1.29. The minimum atomic E-state index is 0.000442. The fraction of sp³-hybridized carbons (Fsp3) is 0.176. The van der Waals surface area contributed by atoms with Gasteiger partial charge < -0.3 is 4.90 Å². The summed E-state index contributed by atoms with van der Waals surface area (Å²) in [6.45, 7) is 14.6. The topological polar surface area (TPSA) is 3.24 Å². The summed E-state index contributed by atoms with van der Waals surface area (Å²) in [6.07, 6.45) is 0. The second kappa shape index (κ2) is 12.8. The van der Waals surface area contributed by atoms with E-state index >= 15 is 0 Å². The van der Waals surface area contributed by atoms with Crippen LogP contribution in [0.2, 0.25) is 0 Å². The number of nitrogens with zero attached hydrogens (tertiary/aromatic N) is 1. The number of benzene rings is 7. The molecule has 0 spiro atoms. The second-order valence-corrected chi connectivity index (χ2v) is 15.9. The zero-order chi connectivity index (χ0) is 36.1. The van der Waals surface area contributed by atoms with E-state index in [0.29, 0.717) is 0 Å². The van der Waals surface area contributed by atoms with Gasteiger partial charge in [-0.15, -0.1) is 0 Å². The second-order valence-electron chi connectivity index (χ2n) is 15.9. The van der Waals surface area contributed by atoms with E-state index in [9.17, 15) is 0 Å². The van der Waals surface area contributed by atoms with Crippen LogP contribution in [-0.4, -0.2) is 0 Å². The lowest BCUT2D eigenvalue weighted by molar-refractivity contribution is 0.125. The third-order valence-corrected chi connectivity index (χ3v) is 12.6. The van der Waals surface area contributed by atoms with Crippen LogP contribution in [0.15, 0.2) is 176 Å². The van der Waals surface area contributed by atoms with E-state index in [1.807, 2.05) is 0 Å². The molecule has 0 aromatic heterocycles. The highest BCUT2D eigenvalue weighted by molar-refractivity contribution is 5.89. The van der Waals surface area contributed by atoms with Crippen LogP contribution in [0.4, 0.5) is 17.1 Å². The molecule has 0 bridgehead atoms. The Hall–Kier alpha value is -5.66. The summed E-state index contributed by atoms with van der Waals surface area (Å²) in [5.41, 5.74) is 16.2. The molecule has 0 unspecified atom stereocenters. The largest absolute Gasteiger partial charge is 0.310 e. The molecule has 7 aromatic carbocycles. The van der Waals surface area contributed by atoms with E-state index in [2.05, 4.69) is 222 Å². The van der Waals surface area contributed by atoms with E-state index in [1.54, 1.807) is 0 Å². The highest BCUT2D eigenvalue weighted by Crippen LogP contribution is 2.62. The van der Waals surface area contributed by atoms with Crippen LogP contribution in [0.3, 0.4) is 0 Å². The Morgan fingerprint density at radius 1 is 0.308 bits per heavy atom. The lowest BCUT2D eigenvalue weighted by atomic mass is 9.59. The smallest absolute Gasteiger partial charge is 0.0467 e. The average molecular weight is 674 g/mol. The van der Waals surface area contributed by atoms with Gasteiger partial charge in [-0.3, -0.25) is 0 Å². The van der Waals surface area contributed by atoms with Crippen molar-refractivity contribution in [3.8, 4) is 44.5 Å². The van der Waals surface area contributed by atoms with Crippen molar-refractivity contribution in [1.82, 2.24) is 0 Å². The molecule has 0 saturated heterocycles. The van der Waals surface area contributed by atoms with Crippen molar-refractivity contribution in [1.29, 1.82) is 0 Å². The molecule has 0 heterocycles. The van der Waals surface area contributed by atoms with Gasteiger partial charge in [0.05, 0.1) is 0 Å². The van der Waals surface area contributed by atoms with Crippen molar-refractivity contribution in [2.24, 2.45) is 5.41 Å². The molecule has 0 radical (unpaired) electrons. The van der Waals surface area contributed by atoms with Gasteiger partial charge in [0.25, 0.3) is 0 Å². The molecule has 1 nitrogen and oxygen atoms in total. The molecule has 7 aromatic rings. The van der Waals surface area contributed by atoms with Crippen LogP contribution in [0.5, 0.6) is 0 Å². The summed E-state index contributed by atoms with van der Waals surface area (Å²) in [6, 6.07) is 64.2. The summed E-state index contributed by atoms with van der Waals surface area (Å²) in [5, 5.41) is 0. The van der Waals surface area contributed by atoms with Crippen molar-refractivity contribution in [2.75, 3.05) is 4.90 Å². The highest BCUT2D eigenvalue weighted by atomic mass is 15.1. The Morgan fingerprint density at radius 2 is 0.673 bits per heavy atom. The van der Waals surface area contributed by atoms with Crippen LogP contribution >= 0.6 is 0 Å². The SMILES string of the molecule is CC1(C)c2cc(-c3ccccc3)c(-c3cccc(N(c4ccc(-c5ccccc5)cc4)c4ccc(-c5ccccc5)cc4)c3)cc2C(C)(C)C1(C)C. The van der Waals surface area contributed by atoms with Crippen molar-refractivity contribution in [3.05, 3.63) is 187 Å². The number of hydrogen-bond donors (Lipinski definition) is 0. The molecule has 1 aliphatic rings. The minimum absolute atomic E-state index is 0.000442. The van der Waals surface area contributed by atoms with Gasteiger partial charge in [-0.05, 0) is 120 Å². The molecule has 0 saturated carbocycles. The predicted molar refractivity (Wildman–Crippen MR) is 223 cm³/mol. The molecule has 0 fully saturated rings. The first-order valence-corrected chi connectivity index (χ1v) is 18.5. The predicted octanol–water partition coefficient (Wildman–Crippen LogP) is 14.4. The lowest BCUT2D eigenvalue weighted by Crippen LogP contribution is -2.42. The van der Waals surface area contributed by atoms with Gasteiger partial charge in [-0.2, -0.15) is 0 Å². The standard InChI is InChI=1S/C51H47N/c1-49(2)47-34-45(40-21-14-9-15-22-40)46(35-48(47)50(3,4)51(49,5)6)41-23-16-24-44(33-41)52(42-29-25-38(26-30-42)36-17-10-7-11-18-36)43-31-27-39(28-32-43)37-19-12-8-13-20-37/h7-35H,1-6H3. The molecule has 52 heavy (non-hydrogen) atoms. The van der Waals surface area contributed by atoms with Crippen LogP contribution in [-0.2, 0) is 10.8 Å². The lowest BCUT2D eigenvalue weighted by Gasteiger charge is -2.44. The molecule has 0 aliphatic heterocycles. The first-order chi connectivity index (χ1) is 25.1.